The van der Waals surface area contributed by atoms with E-state index in [1.807, 2.05) is 17.5 Å². The standard InChI is InChI=1S/C6H5N3S/c1-2-6(10-3-1)5-4-7-9-8-5/h1-4H,(H,7,8,9). The molecule has 0 aliphatic heterocycles. The predicted molar refractivity (Wildman–Crippen MR) is 39.7 cm³/mol. The highest BCUT2D eigenvalue weighted by Crippen LogP contribution is 2.20. The molecule has 0 saturated carbocycles. The topological polar surface area (TPSA) is 41.6 Å². The largest absolute Gasteiger partial charge is 0.257 e. The molecule has 0 fully saturated rings. The molecule has 0 aliphatic carbocycles. The summed E-state index contributed by atoms with van der Waals surface area (Å²) in [6.45, 7) is 0. The predicted octanol–water partition coefficient (Wildman–Crippen LogP) is 1.53. The maximum absolute atomic E-state index is 3.68. The molecule has 0 unspecified atom stereocenters. The third-order valence-corrected chi connectivity index (χ3v) is 2.10. The van der Waals surface area contributed by atoms with Crippen molar-refractivity contribution in [2.75, 3.05) is 0 Å². The van der Waals surface area contributed by atoms with E-state index < -0.39 is 0 Å². The van der Waals surface area contributed by atoms with E-state index in [-0.39, 0.29) is 0 Å². The van der Waals surface area contributed by atoms with E-state index in [2.05, 4.69) is 15.4 Å². The first kappa shape index (κ1) is 5.61. The second-order valence-corrected chi connectivity index (χ2v) is 2.80. The Morgan fingerprint density at radius 1 is 1.50 bits per heavy atom. The minimum absolute atomic E-state index is 0.981. The molecule has 0 aliphatic rings. The monoisotopic (exact) mass is 151 g/mol. The SMILES string of the molecule is c1csc(-c2cnn[nH]2)c1. The summed E-state index contributed by atoms with van der Waals surface area (Å²) in [6.07, 6.45) is 1.71. The highest BCUT2D eigenvalue weighted by atomic mass is 32.1. The smallest absolute Gasteiger partial charge is 0.0953 e. The molecule has 2 aromatic rings. The van der Waals surface area contributed by atoms with Gasteiger partial charge in [-0.05, 0) is 11.4 Å². The molecule has 0 radical (unpaired) electrons. The molecule has 2 rings (SSSR count). The lowest BCUT2D eigenvalue weighted by Gasteiger charge is -1.83. The van der Waals surface area contributed by atoms with Crippen LogP contribution in [0.3, 0.4) is 0 Å². The third kappa shape index (κ3) is 0.823. The fraction of sp³-hybridized carbons (Fsp3) is 0. The van der Waals surface area contributed by atoms with Crippen molar-refractivity contribution in [3.05, 3.63) is 23.7 Å². The van der Waals surface area contributed by atoms with Gasteiger partial charge in [0.05, 0.1) is 16.8 Å². The zero-order valence-electron chi connectivity index (χ0n) is 5.11. The van der Waals surface area contributed by atoms with E-state index in [1.165, 1.54) is 4.88 Å². The highest BCUT2D eigenvalue weighted by molar-refractivity contribution is 7.13. The Labute approximate surface area is 61.7 Å². The Bertz CT molecular complexity index is 252. The summed E-state index contributed by atoms with van der Waals surface area (Å²) in [7, 11) is 0. The Morgan fingerprint density at radius 3 is 3.10 bits per heavy atom. The van der Waals surface area contributed by atoms with Crippen LogP contribution in [0.4, 0.5) is 0 Å². The molecule has 0 spiro atoms. The van der Waals surface area contributed by atoms with Crippen molar-refractivity contribution in [1.82, 2.24) is 15.4 Å². The van der Waals surface area contributed by atoms with Crippen LogP contribution in [0.25, 0.3) is 10.6 Å². The van der Waals surface area contributed by atoms with Gasteiger partial charge in [0.15, 0.2) is 0 Å². The van der Waals surface area contributed by atoms with Crippen molar-refractivity contribution in [2.45, 2.75) is 0 Å². The molecular formula is C6H5N3S. The molecule has 4 heteroatoms. The second kappa shape index (κ2) is 2.22. The number of nitrogens with one attached hydrogen (secondary N) is 1. The first-order valence-corrected chi connectivity index (χ1v) is 3.75. The summed E-state index contributed by atoms with van der Waals surface area (Å²) in [6, 6.07) is 4.03. The lowest BCUT2D eigenvalue weighted by molar-refractivity contribution is 0.942. The molecule has 0 aromatic carbocycles. The fourth-order valence-electron chi connectivity index (χ4n) is 0.749. The number of thiophene rings is 1. The molecule has 10 heavy (non-hydrogen) atoms. The fourth-order valence-corrected chi connectivity index (χ4v) is 1.43. The molecule has 0 atom stereocenters. The average Bonchev–Trinajstić information content (AvgIpc) is 2.59. The third-order valence-electron chi connectivity index (χ3n) is 1.20. The van der Waals surface area contributed by atoms with Gasteiger partial charge in [-0.3, -0.25) is 5.10 Å². The molecule has 1 N–H and O–H groups in total. The van der Waals surface area contributed by atoms with Crippen LogP contribution in [0.15, 0.2) is 23.7 Å². The normalized spacial score (nSPS) is 10.0. The Morgan fingerprint density at radius 2 is 2.50 bits per heavy atom. The van der Waals surface area contributed by atoms with Gasteiger partial charge in [-0.15, -0.1) is 16.4 Å². The number of aromatic amines is 1. The van der Waals surface area contributed by atoms with Crippen LogP contribution in [0, 0.1) is 0 Å². The number of rotatable bonds is 1. The number of H-pyrrole nitrogens is 1. The van der Waals surface area contributed by atoms with E-state index >= 15 is 0 Å². The van der Waals surface area contributed by atoms with E-state index in [1.54, 1.807) is 17.5 Å². The van der Waals surface area contributed by atoms with Crippen molar-refractivity contribution in [3.8, 4) is 10.6 Å². The number of nitrogens with zero attached hydrogens (tertiary/aromatic N) is 2. The van der Waals surface area contributed by atoms with Gasteiger partial charge in [-0.2, -0.15) is 0 Å². The van der Waals surface area contributed by atoms with Gasteiger partial charge in [-0.25, -0.2) is 0 Å². The number of aromatic nitrogens is 3. The summed E-state index contributed by atoms with van der Waals surface area (Å²) < 4.78 is 0. The molecule has 3 nitrogen and oxygen atoms in total. The Kier molecular flexibility index (Phi) is 1.25. The molecule has 50 valence electrons. The summed E-state index contributed by atoms with van der Waals surface area (Å²) >= 11 is 1.67. The van der Waals surface area contributed by atoms with Crippen LogP contribution in [-0.4, -0.2) is 15.4 Å². The van der Waals surface area contributed by atoms with Gasteiger partial charge >= 0.3 is 0 Å². The van der Waals surface area contributed by atoms with Crippen LogP contribution in [0.5, 0.6) is 0 Å². The van der Waals surface area contributed by atoms with Crippen LogP contribution in [0.2, 0.25) is 0 Å². The second-order valence-electron chi connectivity index (χ2n) is 1.85. The quantitative estimate of drug-likeness (QED) is 0.671. The summed E-state index contributed by atoms with van der Waals surface area (Å²) in [4.78, 5) is 1.17. The molecule has 2 heterocycles. The van der Waals surface area contributed by atoms with Gasteiger partial charge in [0, 0.05) is 0 Å². The molecule has 0 amide bonds. The van der Waals surface area contributed by atoms with Crippen LogP contribution >= 0.6 is 11.3 Å². The minimum atomic E-state index is 0.981. The zero-order valence-corrected chi connectivity index (χ0v) is 5.93. The highest BCUT2D eigenvalue weighted by Gasteiger charge is 1.97. The Hall–Kier alpha value is -1.16. The average molecular weight is 151 g/mol. The van der Waals surface area contributed by atoms with E-state index in [9.17, 15) is 0 Å². The molecule has 0 bridgehead atoms. The van der Waals surface area contributed by atoms with Gasteiger partial charge in [0.1, 0.15) is 0 Å². The van der Waals surface area contributed by atoms with Gasteiger partial charge in [-0.1, -0.05) is 11.3 Å². The van der Waals surface area contributed by atoms with E-state index in [4.69, 9.17) is 0 Å². The van der Waals surface area contributed by atoms with Crippen LogP contribution < -0.4 is 0 Å². The van der Waals surface area contributed by atoms with Crippen molar-refractivity contribution >= 4 is 11.3 Å². The van der Waals surface area contributed by atoms with Crippen molar-refractivity contribution in [3.63, 3.8) is 0 Å². The van der Waals surface area contributed by atoms with Crippen LogP contribution in [0.1, 0.15) is 0 Å². The van der Waals surface area contributed by atoms with E-state index in [0.717, 1.165) is 5.69 Å². The summed E-state index contributed by atoms with van der Waals surface area (Å²) in [5, 5.41) is 12.1. The van der Waals surface area contributed by atoms with Crippen molar-refractivity contribution in [2.24, 2.45) is 0 Å². The van der Waals surface area contributed by atoms with Gasteiger partial charge in [0.2, 0.25) is 0 Å². The van der Waals surface area contributed by atoms with Crippen LogP contribution in [-0.2, 0) is 0 Å². The first-order chi connectivity index (χ1) is 4.97. The van der Waals surface area contributed by atoms with E-state index in [0.29, 0.717) is 0 Å². The molecule has 2 aromatic heterocycles. The zero-order chi connectivity index (χ0) is 6.81. The van der Waals surface area contributed by atoms with Crippen molar-refractivity contribution in [1.29, 1.82) is 0 Å². The van der Waals surface area contributed by atoms with Gasteiger partial charge < -0.3 is 0 Å². The summed E-state index contributed by atoms with van der Waals surface area (Å²) in [5.41, 5.74) is 0.981. The van der Waals surface area contributed by atoms with Gasteiger partial charge in [0.25, 0.3) is 0 Å². The maximum atomic E-state index is 3.68. The Balaban J connectivity index is 2.48. The lowest BCUT2D eigenvalue weighted by atomic mass is 10.4. The first-order valence-electron chi connectivity index (χ1n) is 2.87. The number of hydrogen-bond acceptors (Lipinski definition) is 3. The minimum Gasteiger partial charge on any atom is -0.257 e. The maximum Gasteiger partial charge on any atom is 0.0953 e. The van der Waals surface area contributed by atoms with Crippen molar-refractivity contribution < 1.29 is 0 Å². The lowest BCUT2D eigenvalue weighted by Crippen LogP contribution is -1.69. The molecular weight excluding hydrogens is 146 g/mol. The summed E-state index contributed by atoms with van der Waals surface area (Å²) in [5.74, 6) is 0. The number of hydrogen-bond donors (Lipinski definition) is 1. The molecule has 0 saturated heterocycles.